The fraction of sp³-hybridized carbons (Fsp3) is 0.444. The first-order valence-electron chi connectivity index (χ1n) is 6.92. The number of hydrogen-bond acceptors (Lipinski definition) is 1. The van der Waals surface area contributed by atoms with Gasteiger partial charge in [-0.1, -0.05) is 45.2 Å². The minimum atomic E-state index is 0.681. The molecule has 1 rings (SSSR count). The van der Waals surface area contributed by atoms with Gasteiger partial charge in [0.15, 0.2) is 0 Å². The van der Waals surface area contributed by atoms with E-state index in [1.165, 1.54) is 12.0 Å². The minimum absolute atomic E-state index is 0.681. The molecular formula is C18H24O. The van der Waals surface area contributed by atoms with Crippen molar-refractivity contribution in [3.63, 3.8) is 0 Å². The molecular weight excluding hydrogens is 232 g/mol. The number of rotatable bonds is 6. The van der Waals surface area contributed by atoms with Crippen molar-refractivity contribution >= 4 is 6.08 Å². The Labute approximate surface area is 117 Å². The van der Waals surface area contributed by atoms with Crippen LogP contribution in [0.4, 0.5) is 0 Å². The number of benzene rings is 1. The summed E-state index contributed by atoms with van der Waals surface area (Å²) in [7, 11) is 1.70. The van der Waals surface area contributed by atoms with Gasteiger partial charge in [0.1, 0.15) is 5.75 Å². The Bertz CT molecular complexity index is 463. The molecule has 0 aliphatic heterocycles. The van der Waals surface area contributed by atoms with E-state index in [0.717, 1.165) is 17.7 Å². The van der Waals surface area contributed by atoms with Crippen LogP contribution in [0.3, 0.4) is 0 Å². The fourth-order valence-corrected chi connectivity index (χ4v) is 2.40. The van der Waals surface area contributed by atoms with Crippen LogP contribution in [0.15, 0.2) is 24.3 Å². The van der Waals surface area contributed by atoms with Crippen LogP contribution in [0, 0.1) is 24.2 Å². The lowest BCUT2D eigenvalue weighted by Gasteiger charge is -2.21. The zero-order valence-electron chi connectivity index (χ0n) is 12.4. The summed E-state index contributed by atoms with van der Waals surface area (Å²) < 4.78 is 5.44. The minimum Gasteiger partial charge on any atom is -0.496 e. The molecule has 0 aromatic heterocycles. The van der Waals surface area contributed by atoms with Crippen molar-refractivity contribution in [2.75, 3.05) is 7.11 Å². The molecule has 0 aliphatic rings. The number of terminal acetylenes is 1. The third-order valence-electron chi connectivity index (χ3n) is 3.67. The van der Waals surface area contributed by atoms with Crippen LogP contribution in [0.1, 0.15) is 38.3 Å². The summed E-state index contributed by atoms with van der Waals surface area (Å²) >= 11 is 0. The average molecular weight is 256 g/mol. The van der Waals surface area contributed by atoms with Crippen molar-refractivity contribution in [2.24, 2.45) is 11.8 Å². The van der Waals surface area contributed by atoms with Gasteiger partial charge in [-0.2, -0.15) is 0 Å². The van der Waals surface area contributed by atoms with Crippen molar-refractivity contribution in [3.05, 3.63) is 35.4 Å². The van der Waals surface area contributed by atoms with Crippen LogP contribution in [-0.2, 0) is 6.42 Å². The molecule has 1 aromatic carbocycles. The monoisotopic (exact) mass is 256 g/mol. The van der Waals surface area contributed by atoms with E-state index in [-0.39, 0.29) is 0 Å². The molecule has 102 valence electrons. The van der Waals surface area contributed by atoms with Crippen LogP contribution >= 0.6 is 0 Å². The zero-order chi connectivity index (χ0) is 14.3. The van der Waals surface area contributed by atoms with Gasteiger partial charge in [0.2, 0.25) is 0 Å². The van der Waals surface area contributed by atoms with Crippen LogP contribution in [-0.4, -0.2) is 7.11 Å². The van der Waals surface area contributed by atoms with E-state index >= 15 is 0 Å². The molecule has 0 aliphatic carbocycles. The fourth-order valence-electron chi connectivity index (χ4n) is 2.40. The quantitative estimate of drug-likeness (QED) is 0.678. The van der Waals surface area contributed by atoms with E-state index in [0.29, 0.717) is 11.8 Å². The molecule has 1 unspecified atom stereocenters. The van der Waals surface area contributed by atoms with E-state index in [9.17, 15) is 0 Å². The van der Waals surface area contributed by atoms with Crippen molar-refractivity contribution in [2.45, 2.75) is 33.6 Å². The number of hydrogen-bond donors (Lipinski definition) is 0. The average Bonchev–Trinajstić information content (AvgIpc) is 2.42. The molecule has 19 heavy (non-hydrogen) atoms. The second-order valence-corrected chi connectivity index (χ2v) is 5.15. The Morgan fingerprint density at radius 1 is 1.37 bits per heavy atom. The first-order valence-corrected chi connectivity index (χ1v) is 6.92. The van der Waals surface area contributed by atoms with Gasteiger partial charge in [-0.15, -0.1) is 6.42 Å². The van der Waals surface area contributed by atoms with Gasteiger partial charge < -0.3 is 4.74 Å². The molecule has 1 heteroatoms. The van der Waals surface area contributed by atoms with Gasteiger partial charge in [-0.05, 0) is 42.0 Å². The van der Waals surface area contributed by atoms with Gasteiger partial charge in [0.05, 0.1) is 7.11 Å². The van der Waals surface area contributed by atoms with Gasteiger partial charge >= 0.3 is 0 Å². The molecule has 0 fully saturated rings. The molecule has 1 nitrogen and oxygen atoms in total. The van der Waals surface area contributed by atoms with Crippen LogP contribution < -0.4 is 4.74 Å². The second-order valence-electron chi connectivity index (χ2n) is 5.15. The maximum atomic E-state index is 5.44. The summed E-state index contributed by atoms with van der Waals surface area (Å²) in [6.45, 7) is 6.82. The summed E-state index contributed by atoms with van der Waals surface area (Å²) in [6, 6.07) is 6.20. The molecule has 1 atom stereocenters. The molecule has 0 saturated heterocycles. The highest BCUT2D eigenvalue weighted by Gasteiger charge is 2.15. The maximum Gasteiger partial charge on any atom is 0.126 e. The predicted molar refractivity (Wildman–Crippen MR) is 83.2 cm³/mol. The highest BCUT2D eigenvalue weighted by Crippen LogP contribution is 2.28. The number of ether oxygens (including phenoxy) is 1. The van der Waals surface area contributed by atoms with Gasteiger partial charge in [-0.25, -0.2) is 0 Å². The van der Waals surface area contributed by atoms with Crippen molar-refractivity contribution in [1.82, 2.24) is 0 Å². The third kappa shape index (κ3) is 4.17. The first-order chi connectivity index (χ1) is 9.13. The third-order valence-corrected chi connectivity index (χ3v) is 3.67. The lowest BCUT2D eigenvalue weighted by molar-refractivity contribution is 0.369. The first kappa shape index (κ1) is 15.4. The van der Waals surface area contributed by atoms with Gasteiger partial charge in [0.25, 0.3) is 0 Å². The Kier molecular flexibility index (Phi) is 6.22. The van der Waals surface area contributed by atoms with Gasteiger partial charge in [0, 0.05) is 5.56 Å². The van der Waals surface area contributed by atoms with Crippen LogP contribution in [0.2, 0.25) is 0 Å². The summed E-state index contributed by atoms with van der Waals surface area (Å²) in [5.74, 6) is 4.81. The Balaban J connectivity index is 3.12. The standard InChI is InChI=1S/C18H24O/c1-6-8-11-17-16(10-9-12-18(17)19-5)13-15(7-2)14(3)4/h1,8-12,14-15H,7,13H2,2-5H3/b11-8-. The lowest BCUT2D eigenvalue weighted by Crippen LogP contribution is -2.11. The van der Waals surface area contributed by atoms with E-state index in [1.807, 2.05) is 12.1 Å². The number of methoxy groups -OCH3 is 1. The molecule has 0 radical (unpaired) electrons. The van der Waals surface area contributed by atoms with E-state index in [2.05, 4.69) is 38.8 Å². The van der Waals surface area contributed by atoms with Gasteiger partial charge in [-0.3, -0.25) is 0 Å². The normalized spacial score (nSPS) is 12.6. The van der Waals surface area contributed by atoms with E-state index in [4.69, 9.17) is 11.2 Å². The maximum absolute atomic E-state index is 5.44. The Morgan fingerprint density at radius 2 is 2.11 bits per heavy atom. The molecule has 1 aromatic rings. The highest BCUT2D eigenvalue weighted by molar-refractivity contribution is 5.63. The summed E-state index contributed by atoms with van der Waals surface area (Å²) in [4.78, 5) is 0. The smallest absolute Gasteiger partial charge is 0.126 e. The predicted octanol–water partition coefficient (Wildman–Crippen LogP) is 4.57. The molecule has 0 spiro atoms. The Morgan fingerprint density at radius 3 is 2.63 bits per heavy atom. The highest BCUT2D eigenvalue weighted by atomic mass is 16.5. The Hall–Kier alpha value is -1.68. The summed E-state index contributed by atoms with van der Waals surface area (Å²) in [6.07, 6.45) is 11.3. The molecule has 0 amide bonds. The lowest BCUT2D eigenvalue weighted by atomic mass is 9.85. The molecule has 0 heterocycles. The summed E-state index contributed by atoms with van der Waals surface area (Å²) in [5, 5.41) is 0. The van der Waals surface area contributed by atoms with E-state index in [1.54, 1.807) is 13.2 Å². The van der Waals surface area contributed by atoms with Crippen molar-refractivity contribution < 1.29 is 4.74 Å². The largest absolute Gasteiger partial charge is 0.496 e. The molecule has 0 saturated carbocycles. The zero-order valence-corrected chi connectivity index (χ0v) is 12.4. The second kappa shape index (κ2) is 7.69. The topological polar surface area (TPSA) is 9.23 Å². The van der Waals surface area contributed by atoms with E-state index < -0.39 is 0 Å². The van der Waals surface area contributed by atoms with Crippen LogP contribution in [0.25, 0.3) is 6.08 Å². The summed E-state index contributed by atoms with van der Waals surface area (Å²) in [5.41, 5.74) is 2.42. The molecule has 0 N–H and O–H groups in total. The SMILES string of the molecule is C#C/C=C\c1c(CC(CC)C(C)C)cccc1OC. The van der Waals surface area contributed by atoms with Crippen molar-refractivity contribution in [1.29, 1.82) is 0 Å². The molecule has 0 bridgehead atoms. The van der Waals surface area contributed by atoms with Crippen LogP contribution in [0.5, 0.6) is 5.75 Å². The van der Waals surface area contributed by atoms with Crippen molar-refractivity contribution in [3.8, 4) is 18.1 Å². The number of allylic oxidation sites excluding steroid dienone is 1.